The molecule has 0 aromatic heterocycles. The van der Waals surface area contributed by atoms with Crippen LogP contribution in [0.25, 0.3) is 32.7 Å². The fourth-order valence-corrected chi connectivity index (χ4v) is 12.6. The fraction of sp³-hybridized carbons (Fsp3) is 0. The summed E-state index contributed by atoms with van der Waals surface area (Å²) in [6.45, 7) is 0. The van der Waals surface area contributed by atoms with Gasteiger partial charge in [0.2, 0.25) is 0 Å². The van der Waals surface area contributed by atoms with Crippen LogP contribution in [0.1, 0.15) is 0 Å². The lowest BCUT2D eigenvalue weighted by atomic mass is 9.93. The highest BCUT2D eigenvalue weighted by atomic mass is 79.9. The first-order valence-electron chi connectivity index (χ1n) is 15.9. The molecular formula is C44H30Br2P2. The smallest absolute Gasteiger partial charge is 0.0253 e. The molecule has 0 bridgehead atoms. The van der Waals surface area contributed by atoms with Gasteiger partial charge in [0.15, 0.2) is 0 Å². The van der Waals surface area contributed by atoms with Crippen LogP contribution in [-0.4, -0.2) is 0 Å². The molecule has 8 aromatic rings. The Morgan fingerprint density at radius 1 is 0.271 bits per heavy atom. The van der Waals surface area contributed by atoms with Gasteiger partial charge in [0, 0.05) is 8.95 Å². The Bertz CT molecular complexity index is 2110. The molecule has 0 aliphatic carbocycles. The molecule has 0 saturated carbocycles. The van der Waals surface area contributed by atoms with Gasteiger partial charge >= 0.3 is 0 Å². The van der Waals surface area contributed by atoms with Gasteiger partial charge in [-0.3, -0.25) is 0 Å². The van der Waals surface area contributed by atoms with E-state index < -0.39 is 15.8 Å². The summed E-state index contributed by atoms with van der Waals surface area (Å²) < 4.78 is 2.21. The minimum atomic E-state index is -0.896. The summed E-state index contributed by atoms with van der Waals surface area (Å²) in [6, 6.07) is 67.0. The summed E-state index contributed by atoms with van der Waals surface area (Å²) >= 11 is 7.88. The largest absolute Gasteiger partial charge is 0.0622 e. The van der Waals surface area contributed by atoms with Crippen LogP contribution >= 0.6 is 47.7 Å². The Hall–Kier alpha value is -3.90. The Labute approximate surface area is 301 Å². The molecular weight excluding hydrogens is 750 g/mol. The average molecular weight is 780 g/mol. The molecule has 8 rings (SSSR count). The van der Waals surface area contributed by atoms with E-state index in [-0.39, 0.29) is 0 Å². The average Bonchev–Trinajstić information content (AvgIpc) is 3.14. The summed E-state index contributed by atoms with van der Waals surface area (Å²) in [5.74, 6) is 0. The van der Waals surface area contributed by atoms with Crippen molar-refractivity contribution in [3.05, 3.63) is 191 Å². The van der Waals surface area contributed by atoms with E-state index in [0.29, 0.717) is 0 Å². The first-order valence-corrected chi connectivity index (χ1v) is 20.2. The highest BCUT2D eigenvalue weighted by molar-refractivity contribution is 9.11. The Morgan fingerprint density at radius 2 is 0.583 bits per heavy atom. The fourth-order valence-electron chi connectivity index (χ4n) is 6.68. The standard InChI is InChI=1S/C44H30Br2P2/c45-39-25-13-23-37-35(39)27-29-41(47(31-15-5-1-6-16-31)32-17-7-2-8-18-32)43(37)44-38-24-14-26-40(46)36(38)28-30-42(44)48(33-19-9-3-10-20-33)34-21-11-4-12-22-34/h1-30H. The molecule has 4 heteroatoms. The van der Waals surface area contributed by atoms with Gasteiger partial charge < -0.3 is 0 Å². The van der Waals surface area contributed by atoms with Gasteiger partial charge in [0.1, 0.15) is 0 Å². The summed E-state index contributed by atoms with van der Waals surface area (Å²) in [5.41, 5.74) is 2.62. The van der Waals surface area contributed by atoms with Gasteiger partial charge in [-0.15, -0.1) is 0 Å². The van der Waals surface area contributed by atoms with Crippen LogP contribution < -0.4 is 31.8 Å². The quantitative estimate of drug-likeness (QED) is 0.141. The predicted octanol–water partition coefficient (Wildman–Crippen LogP) is 10.7. The summed E-state index contributed by atoms with van der Waals surface area (Å²) in [4.78, 5) is 0. The van der Waals surface area contributed by atoms with Crippen molar-refractivity contribution in [2.45, 2.75) is 0 Å². The maximum atomic E-state index is 3.94. The van der Waals surface area contributed by atoms with E-state index in [1.807, 2.05) is 0 Å². The number of fused-ring (bicyclic) bond motifs is 2. The van der Waals surface area contributed by atoms with Crippen molar-refractivity contribution < 1.29 is 0 Å². The van der Waals surface area contributed by atoms with Crippen LogP contribution in [-0.2, 0) is 0 Å². The summed E-state index contributed by atoms with van der Waals surface area (Å²) in [7, 11) is -1.79. The Kier molecular flexibility index (Phi) is 9.09. The first kappa shape index (κ1) is 31.4. The van der Waals surface area contributed by atoms with E-state index in [4.69, 9.17) is 0 Å². The zero-order valence-electron chi connectivity index (χ0n) is 26.0. The van der Waals surface area contributed by atoms with Crippen molar-refractivity contribution in [3.8, 4) is 11.1 Å². The van der Waals surface area contributed by atoms with Crippen LogP contribution in [0.3, 0.4) is 0 Å². The molecule has 0 spiro atoms. The van der Waals surface area contributed by atoms with E-state index in [1.165, 1.54) is 64.5 Å². The molecule has 48 heavy (non-hydrogen) atoms. The maximum Gasteiger partial charge on any atom is 0.0253 e. The van der Waals surface area contributed by atoms with Gasteiger partial charge in [-0.2, -0.15) is 0 Å². The monoisotopic (exact) mass is 778 g/mol. The molecule has 230 valence electrons. The molecule has 0 atom stereocenters. The number of hydrogen-bond acceptors (Lipinski definition) is 0. The SMILES string of the molecule is Brc1cccc2c(-c3c(P(c4ccccc4)c4ccccc4)ccc4c(Br)cccc34)c(P(c3ccccc3)c3ccccc3)ccc12. The molecule has 8 aromatic carbocycles. The van der Waals surface area contributed by atoms with Crippen molar-refractivity contribution in [3.63, 3.8) is 0 Å². The number of benzene rings is 8. The molecule has 0 N–H and O–H groups in total. The van der Waals surface area contributed by atoms with Crippen LogP contribution in [0, 0.1) is 0 Å². The first-order chi connectivity index (χ1) is 23.7. The molecule has 0 unspecified atom stereocenters. The van der Waals surface area contributed by atoms with Crippen molar-refractivity contribution in [1.29, 1.82) is 0 Å². The number of hydrogen-bond donors (Lipinski definition) is 0. The molecule has 0 radical (unpaired) electrons. The third kappa shape index (κ3) is 5.87. The van der Waals surface area contributed by atoms with Crippen LogP contribution in [0.5, 0.6) is 0 Å². The van der Waals surface area contributed by atoms with Crippen molar-refractivity contribution in [2.75, 3.05) is 0 Å². The molecule has 0 saturated heterocycles. The molecule has 0 aliphatic rings. The summed E-state index contributed by atoms with van der Waals surface area (Å²) in [6.07, 6.45) is 0. The number of halogens is 2. The third-order valence-corrected chi connectivity index (χ3v) is 15.1. The van der Waals surface area contributed by atoms with Gasteiger partial charge in [0.05, 0.1) is 0 Å². The van der Waals surface area contributed by atoms with E-state index in [9.17, 15) is 0 Å². The summed E-state index contributed by atoms with van der Waals surface area (Å²) in [5, 5.41) is 13.0. The normalized spacial score (nSPS) is 11.5. The van der Waals surface area contributed by atoms with Gasteiger partial charge in [-0.25, -0.2) is 0 Å². The lowest BCUT2D eigenvalue weighted by Gasteiger charge is -2.28. The van der Waals surface area contributed by atoms with Crippen molar-refractivity contribution >= 4 is 101 Å². The lowest BCUT2D eigenvalue weighted by molar-refractivity contribution is 1.69. The topological polar surface area (TPSA) is 0 Å². The predicted molar refractivity (Wildman–Crippen MR) is 220 cm³/mol. The molecule has 0 fully saturated rings. The minimum absolute atomic E-state index is 0.896. The molecule has 0 amide bonds. The lowest BCUT2D eigenvalue weighted by Crippen LogP contribution is -2.26. The van der Waals surface area contributed by atoms with E-state index in [0.717, 1.165) is 8.95 Å². The second kappa shape index (κ2) is 13.9. The van der Waals surface area contributed by atoms with E-state index >= 15 is 0 Å². The van der Waals surface area contributed by atoms with Gasteiger partial charge in [-0.05, 0) is 92.5 Å². The second-order valence-corrected chi connectivity index (χ2v) is 17.7. The zero-order chi connectivity index (χ0) is 32.5. The van der Waals surface area contributed by atoms with Crippen molar-refractivity contribution in [1.82, 2.24) is 0 Å². The Morgan fingerprint density at radius 3 is 0.896 bits per heavy atom. The van der Waals surface area contributed by atoms with Crippen LogP contribution in [0.4, 0.5) is 0 Å². The second-order valence-electron chi connectivity index (χ2n) is 11.6. The maximum absolute atomic E-state index is 3.94. The number of rotatable bonds is 7. The molecule has 0 aliphatic heterocycles. The molecule has 0 nitrogen and oxygen atoms in total. The van der Waals surface area contributed by atoms with Crippen molar-refractivity contribution in [2.24, 2.45) is 0 Å². The third-order valence-electron chi connectivity index (χ3n) is 8.76. The Balaban J connectivity index is 1.56. The van der Waals surface area contributed by atoms with Crippen LogP contribution in [0.15, 0.2) is 191 Å². The van der Waals surface area contributed by atoms with Crippen LogP contribution in [0.2, 0.25) is 0 Å². The highest BCUT2D eigenvalue weighted by Crippen LogP contribution is 2.47. The van der Waals surface area contributed by atoms with Gasteiger partial charge in [0.25, 0.3) is 0 Å². The highest BCUT2D eigenvalue weighted by Gasteiger charge is 2.28. The van der Waals surface area contributed by atoms with Gasteiger partial charge in [-0.1, -0.05) is 202 Å². The van der Waals surface area contributed by atoms with E-state index in [1.54, 1.807) is 0 Å². The molecule has 0 heterocycles. The minimum Gasteiger partial charge on any atom is -0.0622 e. The van der Waals surface area contributed by atoms with E-state index in [2.05, 4.69) is 214 Å². The zero-order valence-corrected chi connectivity index (χ0v) is 30.9.